The van der Waals surface area contributed by atoms with Crippen molar-refractivity contribution in [2.75, 3.05) is 0 Å². The molecular weight excluding hydrogens is 176 g/mol. The molecule has 0 amide bonds. The fourth-order valence-corrected chi connectivity index (χ4v) is 1.17. The SMILES string of the molecule is C=C1/C=C\C=NCc2ccncc2O1. The van der Waals surface area contributed by atoms with Crippen LogP contribution >= 0.6 is 0 Å². The summed E-state index contributed by atoms with van der Waals surface area (Å²) in [7, 11) is 0. The van der Waals surface area contributed by atoms with Gasteiger partial charge < -0.3 is 4.74 Å². The van der Waals surface area contributed by atoms with Gasteiger partial charge in [-0.1, -0.05) is 6.58 Å². The summed E-state index contributed by atoms with van der Waals surface area (Å²) in [6.07, 6.45) is 8.72. The van der Waals surface area contributed by atoms with Gasteiger partial charge in [-0.3, -0.25) is 9.98 Å². The quantitative estimate of drug-likeness (QED) is 0.622. The standard InChI is InChI=1S/C11H10N2O/c1-9-3-2-5-12-7-10-4-6-13-8-11(10)14-9/h2-6,8H,1,7H2/b3-2-,12-5?. The lowest BCUT2D eigenvalue weighted by atomic mass is 10.2. The van der Waals surface area contributed by atoms with Crippen LogP contribution < -0.4 is 4.74 Å². The number of rotatable bonds is 0. The van der Waals surface area contributed by atoms with E-state index in [4.69, 9.17) is 4.74 Å². The monoisotopic (exact) mass is 186 g/mol. The van der Waals surface area contributed by atoms with Crippen LogP contribution in [0.5, 0.6) is 5.75 Å². The third-order valence-electron chi connectivity index (χ3n) is 1.85. The second-order valence-corrected chi connectivity index (χ2v) is 2.90. The van der Waals surface area contributed by atoms with E-state index in [0.29, 0.717) is 12.3 Å². The number of aromatic nitrogens is 1. The van der Waals surface area contributed by atoms with Crippen molar-refractivity contribution >= 4 is 6.21 Å². The van der Waals surface area contributed by atoms with Gasteiger partial charge in [0.2, 0.25) is 0 Å². The van der Waals surface area contributed by atoms with Crippen molar-refractivity contribution in [1.82, 2.24) is 4.98 Å². The van der Waals surface area contributed by atoms with Gasteiger partial charge in [0.05, 0.1) is 12.7 Å². The van der Waals surface area contributed by atoms with Crippen molar-refractivity contribution in [2.45, 2.75) is 6.54 Å². The lowest BCUT2D eigenvalue weighted by Gasteiger charge is -2.07. The summed E-state index contributed by atoms with van der Waals surface area (Å²) in [6.45, 7) is 4.36. The predicted octanol–water partition coefficient (Wildman–Crippen LogP) is 2.11. The van der Waals surface area contributed by atoms with E-state index in [9.17, 15) is 0 Å². The summed E-state index contributed by atoms with van der Waals surface area (Å²) < 4.78 is 5.49. The van der Waals surface area contributed by atoms with Crippen molar-refractivity contribution in [2.24, 2.45) is 4.99 Å². The lowest BCUT2D eigenvalue weighted by Crippen LogP contribution is -1.94. The molecule has 2 heterocycles. The van der Waals surface area contributed by atoms with Gasteiger partial charge in [0, 0.05) is 18.0 Å². The average molecular weight is 186 g/mol. The minimum absolute atomic E-state index is 0.590. The van der Waals surface area contributed by atoms with Gasteiger partial charge in [-0.2, -0.15) is 0 Å². The highest BCUT2D eigenvalue weighted by atomic mass is 16.5. The zero-order chi connectivity index (χ0) is 9.80. The summed E-state index contributed by atoms with van der Waals surface area (Å²) >= 11 is 0. The van der Waals surface area contributed by atoms with E-state index in [1.54, 1.807) is 24.7 Å². The molecule has 0 saturated heterocycles. The van der Waals surface area contributed by atoms with Crippen LogP contribution in [0.3, 0.4) is 0 Å². The Morgan fingerprint density at radius 1 is 1.43 bits per heavy atom. The molecule has 1 aromatic rings. The molecule has 0 bridgehead atoms. The van der Waals surface area contributed by atoms with Gasteiger partial charge in [0.1, 0.15) is 5.76 Å². The van der Waals surface area contributed by atoms with Crippen LogP contribution in [0.4, 0.5) is 0 Å². The maximum Gasteiger partial charge on any atom is 0.150 e. The molecule has 0 aliphatic carbocycles. The lowest BCUT2D eigenvalue weighted by molar-refractivity contribution is 0.440. The summed E-state index contributed by atoms with van der Waals surface area (Å²) in [4.78, 5) is 8.20. The van der Waals surface area contributed by atoms with Gasteiger partial charge in [0.15, 0.2) is 5.75 Å². The van der Waals surface area contributed by atoms with Crippen LogP contribution in [0.2, 0.25) is 0 Å². The highest BCUT2D eigenvalue weighted by Crippen LogP contribution is 2.20. The van der Waals surface area contributed by atoms with E-state index in [1.807, 2.05) is 12.1 Å². The molecule has 0 spiro atoms. The number of aliphatic imine (C=N–C) groups is 1. The van der Waals surface area contributed by atoms with Gasteiger partial charge in [-0.15, -0.1) is 0 Å². The van der Waals surface area contributed by atoms with Crippen LogP contribution in [0, 0.1) is 0 Å². The van der Waals surface area contributed by atoms with Gasteiger partial charge in [0.25, 0.3) is 0 Å². The zero-order valence-corrected chi connectivity index (χ0v) is 7.68. The molecule has 0 N–H and O–H groups in total. The Hall–Kier alpha value is -1.90. The zero-order valence-electron chi connectivity index (χ0n) is 7.68. The predicted molar refractivity (Wildman–Crippen MR) is 55.3 cm³/mol. The molecule has 2 rings (SSSR count). The average Bonchev–Trinajstić information content (AvgIpc) is 2.27. The molecule has 1 aliphatic heterocycles. The number of hydrogen-bond donors (Lipinski definition) is 0. The van der Waals surface area contributed by atoms with E-state index in [-0.39, 0.29) is 0 Å². The Labute approximate surface area is 82.5 Å². The second kappa shape index (κ2) is 3.87. The summed E-state index contributed by atoms with van der Waals surface area (Å²) in [6, 6.07) is 1.89. The van der Waals surface area contributed by atoms with Crippen molar-refractivity contribution in [1.29, 1.82) is 0 Å². The Balaban J connectivity index is 2.39. The number of fused-ring (bicyclic) bond motifs is 1. The number of allylic oxidation sites excluding steroid dienone is 2. The maximum atomic E-state index is 5.49. The summed E-state index contributed by atoms with van der Waals surface area (Å²) in [5.41, 5.74) is 1.01. The molecule has 0 aromatic carbocycles. The summed E-state index contributed by atoms with van der Waals surface area (Å²) in [5, 5.41) is 0. The second-order valence-electron chi connectivity index (χ2n) is 2.90. The highest BCUT2D eigenvalue weighted by Gasteiger charge is 2.04. The largest absolute Gasteiger partial charge is 0.456 e. The molecule has 0 radical (unpaired) electrons. The number of hydrogen-bond acceptors (Lipinski definition) is 3. The Bertz CT molecular complexity index is 408. The number of nitrogens with zero attached hydrogens (tertiary/aromatic N) is 2. The third-order valence-corrected chi connectivity index (χ3v) is 1.85. The Morgan fingerprint density at radius 3 is 3.29 bits per heavy atom. The van der Waals surface area contributed by atoms with Crippen molar-refractivity contribution < 1.29 is 4.74 Å². The van der Waals surface area contributed by atoms with E-state index in [1.165, 1.54) is 0 Å². The van der Waals surface area contributed by atoms with E-state index >= 15 is 0 Å². The Kier molecular flexibility index (Phi) is 2.40. The van der Waals surface area contributed by atoms with Crippen LogP contribution in [0.1, 0.15) is 5.56 Å². The van der Waals surface area contributed by atoms with Gasteiger partial charge in [-0.05, 0) is 18.2 Å². The fourth-order valence-electron chi connectivity index (χ4n) is 1.17. The smallest absolute Gasteiger partial charge is 0.150 e. The molecule has 0 atom stereocenters. The van der Waals surface area contributed by atoms with Gasteiger partial charge >= 0.3 is 0 Å². The Morgan fingerprint density at radius 2 is 2.36 bits per heavy atom. The molecule has 0 fully saturated rings. The van der Waals surface area contributed by atoms with Crippen molar-refractivity contribution in [3.63, 3.8) is 0 Å². The number of pyridine rings is 1. The fraction of sp³-hybridized carbons (Fsp3) is 0.0909. The minimum atomic E-state index is 0.590. The van der Waals surface area contributed by atoms with E-state index in [2.05, 4.69) is 16.6 Å². The first-order valence-corrected chi connectivity index (χ1v) is 4.32. The van der Waals surface area contributed by atoms with E-state index < -0.39 is 0 Å². The van der Waals surface area contributed by atoms with E-state index in [0.717, 1.165) is 11.3 Å². The van der Waals surface area contributed by atoms with Gasteiger partial charge in [-0.25, -0.2) is 0 Å². The molecule has 1 aromatic heterocycles. The highest BCUT2D eigenvalue weighted by molar-refractivity contribution is 5.72. The first kappa shape index (κ1) is 8.69. The van der Waals surface area contributed by atoms with Crippen LogP contribution in [-0.4, -0.2) is 11.2 Å². The molecule has 14 heavy (non-hydrogen) atoms. The maximum absolute atomic E-state index is 5.49. The molecule has 70 valence electrons. The van der Waals surface area contributed by atoms with Crippen molar-refractivity contribution in [3.05, 3.63) is 48.5 Å². The molecule has 0 saturated carbocycles. The molecule has 3 heteroatoms. The first-order chi connectivity index (χ1) is 6.86. The third kappa shape index (κ3) is 1.88. The molecular formula is C11H10N2O. The van der Waals surface area contributed by atoms with Crippen LogP contribution in [0.25, 0.3) is 0 Å². The van der Waals surface area contributed by atoms with Crippen LogP contribution in [-0.2, 0) is 6.54 Å². The van der Waals surface area contributed by atoms with Crippen molar-refractivity contribution in [3.8, 4) is 5.75 Å². The minimum Gasteiger partial charge on any atom is -0.456 e. The molecule has 1 aliphatic rings. The topological polar surface area (TPSA) is 34.5 Å². The number of ether oxygens (including phenoxy) is 1. The molecule has 0 unspecified atom stereocenters. The molecule has 3 nitrogen and oxygen atoms in total. The first-order valence-electron chi connectivity index (χ1n) is 4.32. The normalized spacial score (nSPS) is 17.3. The summed E-state index contributed by atoms with van der Waals surface area (Å²) in [5.74, 6) is 1.31. The van der Waals surface area contributed by atoms with Crippen LogP contribution in [0.15, 0.2) is 47.9 Å².